The van der Waals surface area contributed by atoms with E-state index in [1.165, 1.54) is 0 Å². The number of rotatable bonds is 1. The summed E-state index contributed by atoms with van der Waals surface area (Å²) < 4.78 is 0. The van der Waals surface area contributed by atoms with Crippen LogP contribution in [0.1, 0.15) is 13.8 Å². The molecule has 6 heavy (non-hydrogen) atoms. The Morgan fingerprint density at radius 3 is 2.33 bits per heavy atom. The van der Waals surface area contributed by atoms with Gasteiger partial charge in [0.2, 0.25) is 6.29 Å². The first kappa shape index (κ1) is 5.41. The first-order chi connectivity index (χ1) is 2.81. The van der Waals surface area contributed by atoms with Crippen molar-refractivity contribution >= 4 is 6.29 Å². The number of allylic oxidation sites excluding steroid dienone is 2. The zero-order valence-electron chi connectivity index (χ0n) is 3.99. The Hall–Kier alpha value is -0.590. The van der Waals surface area contributed by atoms with Crippen molar-refractivity contribution in [3.63, 3.8) is 0 Å². The van der Waals surface area contributed by atoms with E-state index < -0.39 is 0 Å². The molecule has 0 unspecified atom stereocenters. The molecule has 0 aromatic carbocycles. The normalized spacial score (nSPS) is 11.3. The topological polar surface area (TPSA) is 17.1 Å². The minimum atomic E-state index is 0.662. The van der Waals surface area contributed by atoms with Gasteiger partial charge in [0, 0.05) is 0 Å². The lowest BCUT2D eigenvalue weighted by Gasteiger charge is -1.71. The van der Waals surface area contributed by atoms with Crippen molar-refractivity contribution in [3.05, 3.63) is 11.6 Å². The summed E-state index contributed by atoms with van der Waals surface area (Å²) in [7, 11) is 0. The Labute approximate surface area is 37.7 Å². The Morgan fingerprint density at radius 1 is 1.83 bits per heavy atom. The number of hydrogen-bond donors (Lipinski definition) is 0. The monoisotopic (exact) mass is 83.0 g/mol. The molecule has 0 N–H and O–H groups in total. The third-order valence-electron chi connectivity index (χ3n) is 0.594. The van der Waals surface area contributed by atoms with Gasteiger partial charge in [0.15, 0.2) is 0 Å². The van der Waals surface area contributed by atoms with Crippen molar-refractivity contribution in [1.29, 1.82) is 0 Å². The van der Waals surface area contributed by atoms with Crippen LogP contribution in [0.2, 0.25) is 0 Å². The van der Waals surface area contributed by atoms with E-state index in [4.69, 9.17) is 0 Å². The van der Waals surface area contributed by atoms with E-state index in [9.17, 15) is 4.79 Å². The zero-order valence-corrected chi connectivity index (χ0v) is 3.99. The summed E-state index contributed by atoms with van der Waals surface area (Å²) in [6.45, 7) is 3.52. The van der Waals surface area contributed by atoms with E-state index >= 15 is 0 Å². The third-order valence-corrected chi connectivity index (χ3v) is 0.594. The van der Waals surface area contributed by atoms with E-state index in [0.29, 0.717) is 5.57 Å². The maximum absolute atomic E-state index is 9.54. The fourth-order valence-electron chi connectivity index (χ4n) is 0.0589. The molecule has 0 rings (SSSR count). The van der Waals surface area contributed by atoms with Crippen LogP contribution in [0.4, 0.5) is 0 Å². The molecule has 1 nitrogen and oxygen atoms in total. The quantitative estimate of drug-likeness (QED) is 0.433. The van der Waals surface area contributed by atoms with Gasteiger partial charge in [0.25, 0.3) is 0 Å². The first-order valence-corrected chi connectivity index (χ1v) is 1.82. The second kappa shape index (κ2) is 2.64. The van der Waals surface area contributed by atoms with Gasteiger partial charge in [-0.1, -0.05) is 6.08 Å². The van der Waals surface area contributed by atoms with Crippen LogP contribution < -0.4 is 0 Å². The summed E-state index contributed by atoms with van der Waals surface area (Å²) in [5, 5.41) is 0. The summed E-state index contributed by atoms with van der Waals surface area (Å²) in [5.74, 6) is 0. The molecular formula is C5H7O. The van der Waals surface area contributed by atoms with Gasteiger partial charge >= 0.3 is 0 Å². The lowest BCUT2D eigenvalue weighted by Crippen LogP contribution is -1.69. The fraction of sp³-hybridized carbons (Fsp3) is 0.400. The van der Waals surface area contributed by atoms with Gasteiger partial charge in [-0.3, -0.25) is 4.79 Å². The van der Waals surface area contributed by atoms with Crippen LogP contribution in [0.15, 0.2) is 11.6 Å². The van der Waals surface area contributed by atoms with Gasteiger partial charge < -0.3 is 0 Å². The SMILES string of the molecule is C/C=C(\C)[C]=O. The highest BCUT2D eigenvalue weighted by Crippen LogP contribution is 1.80. The van der Waals surface area contributed by atoms with Crippen LogP contribution in [0.3, 0.4) is 0 Å². The largest absolute Gasteiger partial charge is 0.285 e. The lowest BCUT2D eigenvalue weighted by atomic mass is 10.3. The minimum absolute atomic E-state index is 0.662. The van der Waals surface area contributed by atoms with Crippen LogP contribution >= 0.6 is 0 Å². The van der Waals surface area contributed by atoms with Crippen molar-refractivity contribution in [3.8, 4) is 0 Å². The second-order valence-corrected chi connectivity index (χ2v) is 1.07. The first-order valence-electron chi connectivity index (χ1n) is 1.82. The summed E-state index contributed by atoms with van der Waals surface area (Å²) in [6.07, 6.45) is 3.44. The molecule has 1 heteroatoms. The highest BCUT2D eigenvalue weighted by atomic mass is 16.1. The van der Waals surface area contributed by atoms with E-state index in [1.807, 2.05) is 0 Å². The molecule has 0 spiro atoms. The van der Waals surface area contributed by atoms with Gasteiger partial charge in [0.1, 0.15) is 0 Å². The predicted octanol–water partition coefficient (Wildman–Crippen LogP) is 1.06. The summed E-state index contributed by atoms with van der Waals surface area (Å²) in [4.78, 5) is 9.54. The molecule has 0 fully saturated rings. The molecule has 0 saturated carbocycles. The Bertz CT molecular complexity index is 72.0. The molecule has 0 bridgehead atoms. The van der Waals surface area contributed by atoms with E-state index in [2.05, 4.69) is 0 Å². The molecule has 0 aliphatic rings. The highest BCUT2D eigenvalue weighted by molar-refractivity contribution is 5.72. The molecular weight excluding hydrogens is 76.1 g/mol. The molecule has 0 aliphatic heterocycles. The highest BCUT2D eigenvalue weighted by Gasteiger charge is 1.74. The van der Waals surface area contributed by atoms with Gasteiger partial charge in [0.05, 0.1) is 0 Å². The van der Waals surface area contributed by atoms with Gasteiger partial charge in [-0.25, -0.2) is 0 Å². The van der Waals surface area contributed by atoms with Crippen molar-refractivity contribution in [1.82, 2.24) is 0 Å². The molecule has 0 aliphatic carbocycles. The second-order valence-electron chi connectivity index (χ2n) is 1.07. The maximum Gasteiger partial charge on any atom is 0.228 e. The minimum Gasteiger partial charge on any atom is -0.285 e. The Kier molecular flexibility index (Phi) is 2.38. The van der Waals surface area contributed by atoms with Crippen LogP contribution in [0, 0.1) is 0 Å². The molecule has 0 amide bonds. The molecule has 0 aromatic heterocycles. The number of hydrogen-bond acceptors (Lipinski definition) is 1. The van der Waals surface area contributed by atoms with Gasteiger partial charge in [-0.05, 0) is 19.4 Å². The van der Waals surface area contributed by atoms with Crippen LogP contribution in [0.25, 0.3) is 0 Å². The van der Waals surface area contributed by atoms with E-state index in [1.54, 1.807) is 26.2 Å². The van der Waals surface area contributed by atoms with Crippen molar-refractivity contribution in [2.24, 2.45) is 0 Å². The lowest BCUT2D eigenvalue weighted by molar-refractivity contribution is 0.561. The molecule has 0 aromatic rings. The van der Waals surface area contributed by atoms with Crippen molar-refractivity contribution in [2.75, 3.05) is 0 Å². The molecule has 0 heterocycles. The number of carbonyl (C=O) groups excluding carboxylic acids is 1. The fourth-order valence-corrected chi connectivity index (χ4v) is 0.0589. The summed E-state index contributed by atoms with van der Waals surface area (Å²) in [5.41, 5.74) is 0.662. The van der Waals surface area contributed by atoms with E-state index in [-0.39, 0.29) is 0 Å². The molecule has 33 valence electrons. The predicted molar refractivity (Wildman–Crippen MR) is 25.1 cm³/mol. The zero-order chi connectivity index (χ0) is 4.99. The Balaban J connectivity index is 3.50. The maximum atomic E-state index is 9.54. The third kappa shape index (κ3) is 1.70. The van der Waals surface area contributed by atoms with Crippen molar-refractivity contribution in [2.45, 2.75) is 13.8 Å². The standard InChI is InChI=1S/C5H7O/c1-3-5(2)4-6/h3H,1-2H3/b5-3+. The molecule has 0 atom stereocenters. The molecule has 0 saturated heterocycles. The van der Waals surface area contributed by atoms with Gasteiger partial charge in [-0.15, -0.1) is 0 Å². The van der Waals surface area contributed by atoms with Gasteiger partial charge in [-0.2, -0.15) is 0 Å². The van der Waals surface area contributed by atoms with Crippen LogP contribution in [-0.4, -0.2) is 6.29 Å². The van der Waals surface area contributed by atoms with E-state index in [0.717, 1.165) is 0 Å². The van der Waals surface area contributed by atoms with Crippen molar-refractivity contribution < 1.29 is 4.79 Å². The van der Waals surface area contributed by atoms with Crippen LogP contribution in [0.5, 0.6) is 0 Å². The summed E-state index contributed by atoms with van der Waals surface area (Å²) in [6, 6.07) is 0. The summed E-state index contributed by atoms with van der Waals surface area (Å²) >= 11 is 0. The average molecular weight is 83.1 g/mol. The van der Waals surface area contributed by atoms with Crippen LogP contribution in [-0.2, 0) is 4.79 Å². The molecule has 1 radical (unpaired) electrons. The average Bonchev–Trinajstić information content (AvgIpc) is 1.65. The Morgan fingerprint density at radius 2 is 2.33 bits per heavy atom. The smallest absolute Gasteiger partial charge is 0.228 e.